The Morgan fingerprint density at radius 3 is 1.34 bits per heavy atom. The fraction of sp³-hybridized carbons (Fsp3) is 0.571. The van der Waals surface area contributed by atoms with Gasteiger partial charge in [0.15, 0.2) is 0 Å². The van der Waals surface area contributed by atoms with E-state index < -0.39 is 0 Å². The molecule has 0 radical (unpaired) electrons. The van der Waals surface area contributed by atoms with Crippen molar-refractivity contribution in [3.63, 3.8) is 0 Å². The number of hydrogen-bond acceptors (Lipinski definition) is 1. The van der Waals surface area contributed by atoms with Crippen molar-refractivity contribution in [1.29, 1.82) is 0 Å². The van der Waals surface area contributed by atoms with Crippen molar-refractivity contribution in [1.82, 2.24) is 0 Å². The molecule has 0 aromatic heterocycles. The summed E-state index contributed by atoms with van der Waals surface area (Å²) < 4.78 is 5.18. The number of ether oxygens (including phenoxy) is 1. The van der Waals surface area contributed by atoms with Gasteiger partial charge in [-0.15, -0.1) is 0 Å². The van der Waals surface area contributed by atoms with Gasteiger partial charge in [0, 0.05) is 6.42 Å². The summed E-state index contributed by atoms with van der Waals surface area (Å²) in [4.78, 5) is 0. The Labute approximate surface area is 182 Å². The topological polar surface area (TPSA) is 9.23 Å². The van der Waals surface area contributed by atoms with Crippen LogP contribution in [0.2, 0.25) is 0 Å². The first-order valence-electron chi connectivity index (χ1n) is 11.3. The molecule has 0 saturated carbocycles. The molecule has 0 fully saturated rings. The minimum Gasteiger partial charge on any atom is -0.501 e. The average molecular weight is 399 g/mol. The number of rotatable bonds is 16. The highest BCUT2D eigenvalue weighted by Gasteiger charge is 1.94. The second-order valence-corrected chi connectivity index (χ2v) is 8.46. The Kier molecular flexibility index (Phi) is 17.2. The van der Waals surface area contributed by atoms with Gasteiger partial charge < -0.3 is 4.74 Å². The summed E-state index contributed by atoms with van der Waals surface area (Å²) in [6.07, 6.45) is 23.7. The van der Waals surface area contributed by atoms with E-state index >= 15 is 0 Å². The summed E-state index contributed by atoms with van der Waals surface area (Å²) in [6.45, 7) is 17.6. The van der Waals surface area contributed by atoms with Crippen molar-refractivity contribution < 1.29 is 4.74 Å². The molecule has 0 aliphatic rings. The molecule has 0 amide bonds. The van der Waals surface area contributed by atoms with Crippen LogP contribution in [0.1, 0.15) is 99.3 Å². The van der Waals surface area contributed by atoms with Gasteiger partial charge in [0.25, 0.3) is 0 Å². The highest BCUT2D eigenvalue weighted by molar-refractivity contribution is 5.07. The lowest BCUT2D eigenvalue weighted by atomic mass is 10.0. The lowest BCUT2D eigenvalue weighted by Crippen LogP contribution is -1.88. The summed E-state index contributed by atoms with van der Waals surface area (Å²) in [5.41, 5.74) is 7.36. The monoisotopic (exact) mass is 398 g/mol. The Balaban J connectivity index is 4.01. The molecule has 0 N–H and O–H groups in total. The Hall–Kier alpha value is -1.76. The van der Waals surface area contributed by atoms with E-state index in [4.69, 9.17) is 4.74 Å². The van der Waals surface area contributed by atoms with Gasteiger partial charge in [-0.05, 0) is 92.9 Å². The molecule has 0 saturated heterocycles. The van der Waals surface area contributed by atoms with Crippen molar-refractivity contribution in [2.75, 3.05) is 6.61 Å². The quantitative estimate of drug-likeness (QED) is 0.143. The maximum Gasteiger partial charge on any atom is 0.0909 e. The predicted molar refractivity (Wildman–Crippen MR) is 132 cm³/mol. The van der Waals surface area contributed by atoms with Crippen molar-refractivity contribution in [3.05, 3.63) is 71.1 Å². The van der Waals surface area contributed by atoms with Crippen molar-refractivity contribution in [2.24, 2.45) is 0 Å². The van der Waals surface area contributed by atoms with Gasteiger partial charge in [-0.2, -0.15) is 0 Å². The summed E-state index contributed by atoms with van der Waals surface area (Å²) in [7, 11) is 0. The van der Waals surface area contributed by atoms with E-state index in [0.29, 0.717) is 0 Å². The third-order valence-corrected chi connectivity index (χ3v) is 5.04. The molecule has 0 aliphatic heterocycles. The standard InChI is InChI=1S/C28H46O/c1-8-29-23-22-28(7)21-13-19-26(5)16-10-9-15-25(4)18-12-20-27(6)17-11-14-24(2)3/h8,14-16,20-21H,1,9-13,17-19,22-23H2,2-7H3. The predicted octanol–water partition coefficient (Wildman–Crippen LogP) is 9.41. The Bertz CT molecular complexity index is 592. The Morgan fingerprint density at radius 2 is 0.931 bits per heavy atom. The smallest absolute Gasteiger partial charge is 0.0909 e. The molecule has 1 nitrogen and oxygen atoms in total. The van der Waals surface area contributed by atoms with E-state index in [9.17, 15) is 0 Å². The van der Waals surface area contributed by atoms with Gasteiger partial charge >= 0.3 is 0 Å². The highest BCUT2D eigenvalue weighted by Crippen LogP contribution is 2.14. The number of allylic oxidation sites excluding steroid dienone is 9. The molecular weight excluding hydrogens is 352 g/mol. The van der Waals surface area contributed by atoms with Crippen LogP contribution in [0.25, 0.3) is 0 Å². The van der Waals surface area contributed by atoms with Gasteiger partial charge in [0.05, 0.1) is 12.9 Å². The first-order chi connectivity index (χ1) is 13.8. The number of unbranched alkanes of at least 4 members (excludes halogenated alkanes) is 1. The van der Waals surface area contributed by atoms with Crippen LogP contribution < -0.4 is 0 Å². The number of hydrogen-bond donors (Lipinski definition) is 0. The molecule has 0 bridgehead atoms. The van der Waals surface area contributed by atoms with Gasteiger partial charge in [-0.1, -0.05) is 64.8 Å². The van der Waals surface area contributed by atoms with Crippen LogP contribution >= 0.6 is 0 Å². The zero-order valence-corrected chi connectivity index (χ0v) is 20.2. The minimum atomic E-state index is 0.734. The highest BCUT2D eigenvalue weighted by atomic mass is 16.5. The lowest BCUT2D eigenvalue weighted by molar-refractivity contribution is 0.254. The van der Waals surface area contributed by atoms with Crippen molar-refractivity contribution in [2.45, 2.75) is 99.3 Å². The second kappa shape index (κ2) is 18.3. The van der Waals surface area contributed by atoms with E-state index in [0.717, 1.165) is 38.7 Å². The summed E-state index contributed by atoms with van der Waals surface area (Å²) >= 11 is 0. The van der Waals surface area contributed by atoms with E-state index in [1.165, 1.54) is 59.8 Å². The maximum absolute atomic E-state index is 5.18. The molecule has 0 heterocycles. The zero-order chi connectivity index (χ0) is 21.9. The molecule has 0 spiro atoms. The van der Waals surface area contributed by atoms with Crippen LogP contribution in [-0.4, -0.2) is 6.61 Å². The summed E-state index contributed by atoms with van der Waals surface area (Å²) in [5, 5.41) is 0. The fourth-order valence-electron chi connectivity index (χ4n) is 3.05. The van der Waals surface area contributed by atoms with Gasteiger partial charge in [0.2, 0.25) is 0 Å². The van der Waals surface area contributed by atoms with E-state index in [-0.39, 0.29) is 0 Å². The molecule has 0 aromatic rings. The molecule has 1 heteroatoms. The first kappa shape index (κ1) is 27.2. The van der Waals surface area contributed by atoms with E-state index in [1.807, 2.05) is 0 Å². The zero-order valence-electron chi connectivity index (χ0n) is 20.2. The third kappa shape index (κ3) is 19.3. The molecule has 0 unspecified atom stereocenters. The van der Waals surface area contributed by atoms with Crippen molar-refractivity contribution in [3.8, 4) is 0 Å². The maximum atomic E-state index is 5.18. The van der Waals surface area contributed by atoms with Gasteiger partial charge in [0.1, 0.15) is 0 Å². The Morgan fingerprint density at radius 1 is 0.552 bits per heavy atom. The molecule has 0 aliphatic carbocycles. The first-order valence-corrected chi connectivity index (χ1v) is 11.3. The van der Waals surface area contributed by atoms with Crippen LogP contribution in [0.5, 0.6) is 0 Å². The largest absolute Gasteiger partial charge is 0.501 e. The molecule has 0 atom stereocenters. The molecule has 29 heavy (non-hydrogen) atoms. The second-order valence-electron chi connectivity index (χ2n) is 8.46. The normalized spacial score (nSPS) is 13.4. The summed E-state index contributed by atoms with van der Waals surface area (Å²) in [5.74, 6) is 0. The van der Waals surface area contributed by atoms with E-state index in [1.54, 1.807) is 0 Å². The third-order valence-electron chi connectivity index (χ3n) is 5.04. The van der Waals surface area contributed by atoms with E-state index in [2.05, 4.69) is 78.5 Å². The van der Waals surface area contributed by atoms with Crippen molar-refractivity contribution >= 4 is 0 Å². The molecule has 0 aromatic carbocycles. The molecule has 0 rings (SSSR count). The lowest BCUT2D eigenvalue weighted by Gasteiger charge is -2.03. The molecular formula is C28H46O. The summed E-state index contributed by atoms with van der Waals surface area (Å²) in [6, 6.07) is 0. The van der Waals surface area contributed by atoms with Crippen LogP contribution in [0, 0.1) is 0 Å². The fourth-order valence-corrected chi connectivity index (χ4v) is 3.05. The molecule has 164 valence electrons. The van der Waals surface area contributed by atoms with Crippen LogP contribution in [0.4, 0.5) is 0 Å². The van der Waals surface area contributed by atoms with Gasteiger partial charge in [-0.25, -0.2) is 0 Å². The van der Waals surface area contributed by atoms with Crippen LogP contribution in [-0.2, 0) is 4.74 Å². The van der Waals surface area contributed by atoms with Crippen LogP contribution in [0.3, 0.4) is 0 Å². The SMILES string of the molecule is C=COCCC(C)=CCCC(C)=CCCC=C(C)CCC=C(C)CCC=C(C)C. The minimum absolute atomic E-state index is 0.734. The van der Waals surface area contributed by atoms with Crippen LogP contribution in [0.15, 0.2) is 71.1 Å². The van der Waals surface area contributed by atoms with Gasteiger partial charge in [-0.3, -0.25) is 0 Å². The average Bonchev–Trinajstić information content (AvgIpc) is 2.65.